The zero-order valence-electron chi connectivity index (χ0n) is 6.27. The zero-order valence-corrected chi connectivity index (χ0v) is 7.08. The Hall–Kier alpha value is -1.35. The second kappa shape index (κ2) is 3.88. The van der Waals surface area contributed by atoms with Crippen LogP contribution in [-0.2, 0) is 0 Å². The molecule has 0 aliphatic heterocycles. The topological polar surface area (TPSA) is 41.6 Å². The predicted molar refractivity (Wildman–Crippen MR) is 49.1 cm³/mol. The SMILES string of the molecule is Cl.c1ccc(-c2ccn[nH]2)nc1. The summed E-state index contributed by atoms with van der Waals surface area (Å²) in [4.78, 5) is 4.15. The van der Waals surface area contributed by atoms with E-state index < -0.39 is 0 Å². The van der Waals surface area contributed by atoms with Gasteiger partial charge in [0.2, 0.25) is 0 Å². The minimum atomic E-state index is 0. The maximum atomic E-state index is 4.15. The molecule has 0 aromatic carbocycles. The lowest BCUT2D eigenvalue weighted by Crippen LogP contribution is -1.80. The van der Waals surface area contributed by atoms with E-state index in [1.54, 1.807) is 12.4 Å². The number of halogens is 1. The highest BCUT2D eigenvalue weighted by Crippen LogP contribution is 2.10. The largest absolute Gasteiger partial charge is 0.276 e. The molecule has 62 valence electrons. The van der Waals surface area contributed by atoms with Gasteiger partial charge in [0.15, 0.2) is 0 Å². The van der Waals surface area contributed by atoms with Crippen LogP contribution in [0.3, 0.4) is 0 Å². The average Bonchev–Trinajstić information content (AvgIpc) is 2.58. The molecule has 0 unspecified atom stereocenters. The van der Waals surface area contributed by atoms with Gasteiger partial charge in [-0.05, 0) is 18.2 Å². The van der Waals surface area contributed by atoms with Gasteiger partial charge in [0.1, 0.15) is 0 Å². The summed E-state index contributed by atoms with van der Waals surface area (Å²) < 4.78 is 0. The third-order valence-corrected chi connectivity index (χ3v) is 1.44. The minimum Gasteiger partial charge on any atom is -0.276 e. The van der Waals surface area contributed by atoms with Crippen molar-refractivity contribution in [2.45, 2.75) is 0 Å². The molecule has 2 heterocycles. The Bertz CT molecular complexity index is 317. The van der Waals surface area contributed by atoms with Crippen molar-refractivity contribution in [1.82, 2.24) is 15.2 Å². The fourth-order valence-corrected chi connectivity index (χ4v) is 0.921. The number of nitrogens with one attached hydrogen (secondary N) is 1. The zero-order chi connectivity index (χ0) is 7.52. The summed E-state index contributed by atoms with van der Waals surface area (Å²) in [6.07, 6.45) is 3.47. The third-order valence-electron chi connectivity index (χ3n) is 1.44. The highest BCUT2D eigenvalue weighted by molar-refractivity contribution is 5.85. The molecule has 4 heteroatoms. The molecule has 0 saturated carbocycles. The Labute approximate surface area is 76.3 Å². The van der Waals surface area contributed by atoms with E-state index in [0.29, 0.717) is 0 Å². The summed E-state index contributed by atoms with van der Waals surface area (Å²) in [6.45, 7) is 0. The normalized spacial score (nSPS) is 9.00. The second-order valence-electron chi connectivity index (χ2n) is 2.19. The Morgan fingerprint density at radius 1 is 1.08 bits per heavy atom. The van der Waals surface area contributed by atoms with Crippen LogP contribution in [0.4, 0.5) is 0 Å². The number of aromatic nitrogens is 3. The molecule has 3 nitrogen and oxygen atoms in total. The van der Waals surface area contributed by atoms with Crippen LogP contribution in [0.15, 0.2) is 36.7 Å². The molecule has 0 spiro atoms. The van der Waals surface area contributed by atoms with Crippen molar-refractivity contribution in [2.24, 2.45) is 0 Å². The van der Waals surface area contributed by atoms with E-state index in [-0.39, 0.29) is 12.4 Å². The van der Waals surface area contributed by atoms with Gasteiger partial charge in [0.25, 0.3) is 0 Å². The van der Waals surface area contributed by atoms with Gasteiger partial charge in [0, 0.05) is 12.4 Å². The summed E-state index contributed by atoms with van der Waals surface area (Å²) in [6, 6.07) is 7.67. The van der Waals surface area contributed by atoms with Gasteiger partial charge in [-0.2, -0.15) is 5.10 Å². The van der Waals surface area contributed by atoms with E-state index >= 15 is 0 Å². The van der Waals surface area contributed by atoms with Crippen molar-refractivity contribution in [1.29, 1.82) is 0 Å². The number of H-pyrrole nitrogens is 1. The first-order chi connectivity index (χ1) is 5.47. The average molecular weight is 182 g/mol. The molecule has 1 N–H and O–H groups in total. The molecule has 0 radical (unpaired) electrons. The maximum Gasteiger partial charge on any atom is 0.0880 e. The molecule has 2 aromatic rings. The summed E-state index contributed by atoms with van der Waals surface area (Å²) in [5.74, 6) is 0. The standard InChI is InChI=1S/C8H7N3.ClH/c1-2-5-9-7(3-1)8-4-6-10-11-8;/h1-6H,(H,10,11);1H. The number of hydrogen-bond acceptors (Lipinski definition) is 2. The van der Waals surface area contributed by atoms with Crippen molar-refractivity contribution >= 4 is 12.4 Å². The van der Waals surface area contributed by atoms with Crippen molar-refractivity contribution in [2.75, 3.05) is 0 Å². The van der Waals surface area contributed by atoms with Gasteiger partial charge in [0.05, 0.1) is 11.4 Å². The van der Waals surface area contributed by atoms with Gasteiger partial charge < -0.3 is 0 Å². The molecular weight excluding hydrogens is 174 g/mol. The molecule has 0 atom stereocenters. The molecule has 0 bridgehead atoms. The molecule has 0 aliphatic rings. The van der Waals surface area contributed by atoms with E-state index in [2.05, 4.69) is 15.2 Å². The molecule has 0 saturated heterocycles. The van der Waals surface area contributed by atoms with Crippen LogP contribution in [0.5, 0.6) is 0 Å². The molecule has 0 amide bonds. The number of nitrogens with zero attached hydrogens (tertiary/aromatic N) is 2. The van der Waals surface area contributed by atoms with Gasteiger partial charge in [-0.15, -0.1) is 12.4 Å². The van der Waals surface area contributed by atoms with Gasteiger partial charge >= 0.3 is 0 Å². The first-order valence-corrected chi connectivity index (χ1v) is 3.37. The van der Waals surface area contributed by atoms with E-state index in [1.165, 1.54) is 0 Å². The van der Waals surface area contributed by atoms with Crippen LogP contribution in [0, 0.1) is 0 Å². The number of pyridine rings is 1. The van der Waals surface area contributed by atoms with Crippen LogP contribution in [0.25, 0.3) is 11.4 Å². The molecule has 0 fully saturated rings. The van der Waals surface area contributed by atoms with Crippen LogP contribution >= 0.6 is 12.4 Å². The highest BCUT2D eigenvalue weighted by Gasteiger charge is 1.95. The predicted octanol–water partition coefficient (Wildman–Crippen LogP) is 1.89. The summed E-state index contributed by atoms with van der Waals surface area (Å²) in [7, 11) is 0. The first kappa shape index (κ1) is 8.74. The fraction of sp³-hybridized carbons (Fsp3) is 0. The van der Waals surface area contributed by atoms with Crippen molar-refractivity contribution in [3.8, 4) is 11.4 Å². The number of aromatic amines is 1. The summed E-state index contributed by atoms with van der Waals surface area (Å²) >= 11 is 0. The van der Waals surface area contributed by atoms with Gasteiger partial charge in [-0.3, -0.25) is 10.1 Å². The van der Waals surface area contributed by atoms with Gasteiger partial charge in [-0.1, -0.05) is 6.07 Å². The van der Waals surface area contributed by atoms with Crippen LogP contribution in [0.1, 0.15) is 0 Å². The third kappa shape index (κ3) is 1.62. The van der Waals surface area contributed by atoms with E-state index in [1.807, 2.05) is 24.3 Å². The van der Waals surface area contributed by atoms with E-state index in [9.17, 15) is 0 Å². The Balaban J connectivity index is 0.000000720. The second-order valence-corrected chi connectivity index (χ2v) is 2.19. The first-order valence-electron chi connectivity index (χ1n) is 3.37. The minimum absolute atomic E-state index is 0. The molecule has 0 aliphatic carbocycles. The summed E-state index contributed by atoms with van der Waals surface area (Å²) in [5, 5.41) is 6.67. The van der Waals surface area contributed by atoms with E-state index in [4.69, 9.17) is 0 Å². The highest BCUT2D eigenvalue weighted by atomic mass is 35.5. The Morgan fingerprint density at radius 2 is 2.00 bits per heavy atom. The van der Waals surface area contributed by atoms with Crippen molar-refractivity contribution in [3.63, 3.8) is 0 Å². The van der Waals surface area contributed by atoms with Crippen molar-refractivity contribution in [3.05, 3.63) is 36.7 Å². The van der Waals surface area contributed by atoms with E-state index in [0.717, 1.165) is 11.4 Å². The Morgan fingerprint density at radius 3 is 2.58 bits per heavy atom. The number of rotatable bonds is 1. The van der Waals surface area contributed by atoms with Crippen LogP contribution in [0.2, 0.25) is 0 Å². The lowest BCUT2D eigenvalue weighted by atomic mass is 10.3. The lowest BCUT2D eigenvalue weighted by Gasteiger charge is -1.92. The maximum absolute atomic E-state index is 4.15. The quantitative estimate of drug-likeness (QED) is 0.730. The smallest absolute Gasteiger partial charge is 0.0880 e. The number of hydrogen-bond donors (Lipinski definition) is 1. The summed E-state index contributed by atoms with van der Waals surface area (Å²) in [5.41, 5.74) is 1.87. The van der Waals surface area contributed by atoms with Gasteiger partial charge in [-0.25, -0.2) is 0 Å². The van der Waals surface area contributed by atoms with Crippen LogP contribution in [-0.4, -0.2) is 15.2 Å². The fourth-order valence-electron chi connectivity index (χ4n) is 0.921. The van der Waals surface area contributed by atoms with Crippen LogP contribution < -0.4 is 0 Å². The monoisotopic (exact) mass is 181 g/mol. The van der Waals surface area contributed by atoms with Crippen molar-refractivity contribution < 1.29 is 0 Å². The Kier molecular flexibility index (Phi) is 2.82. The molecular formula is C8H8ClN3. The molecule has 12 heavy (non-hydrogen) atoms. The molecule has 2 aromatic heterocycles. The lowest BCUT2D eigenvalue weighted by molar-refractivity contribution is 1.09. The molecule has 2 rings (SSSR count).